The molecule has 0 saturated carbocycles. The van der Waals surface area contributed by atoms with Gasteiger partial charge in [0.2, 0.25) is 0 Å². The minimum absolute atomic E-state index is 0.411. The Bertz CT molecular complexity index is 762. The van der Waals surface area contributed by atoms with Gasteiger partial charge in [-0.05, 0) is 58.0 Å². The van der Waals surface area contributed by atoms with Crippen LogP contribution in [0.4, 0.5) is 10.6 Å². The number of ether oxygens (including phenoxy) is 1. The zero-order chi connectivity index (χ0) is 20.6. The van der Waals surface area contributed by atoms with Crippen LogP contribution in [0.1, 0.15) is 39.3 Å². The Labute approximate surface area is 167 Å². The molecule has 28 heavy (non-hydrogen) atoms. The van der Waals surface area contributed by atoms with E-state index in [4.69, 9.17) is 10.5 Å². The predicted molar refractivity (Wildman–Crippen MR) is 114 cm³/mol. The molecule has 2 heterocycles. The molecule has 7 heteroatoms. The normalized spacial score (nSPS) is 14.0. The number of aromatic nitrogens is 1. The molecule has 0 bridgehead atoms. The molecular weight excluding hydrogens is 354 g/mol. The van der Waals surface area contributed by atoms with Crippen molar-refractivity contribution in [3.05, 3.63) is 47.9 Å². The van der Waals surface area contributed by atoms with E-state index in [-0.39, 0.29) is 0 Å². The van der Waals surface area contributed by atoms with Crippen LogP contribution in [0.3, 0.4) is 0 Å². The Morgan fingerprint density at radius 1 is 1.32 bits per heavy atom. The first-order chi connectivity index (χ1) is 13.3. The van der Waals surface area contributed by atoms with Crippen molar-refractivity contribution in [2.45, 2.75) is 45.6 Å². The Balaban J connectivity index is 2.23. The quantitative estimate of drug-likeness (QED) is 0.752. The van der Waals surface area contributed by atoms with Crippen LogP contribution in [0.5, 0.6) is 0 Å². The van der Waals surface area contributed by atoms with Gasteiger partial charge in [0.15, 0.2) is 0 Å². The minimum atomic E-state index is -0.591. The molecule has 0 radical (unpaired) electrons. The standard InChI is InChI=1S/C21H31N5O2/c1-21(2,3)28-20(27)26(19-11-7-9-16(25-19)12-14-22)15-13-17-8-5-6-10-18(23-4)24-17/h5,7-11,23H,6,12-15,22H2,1-4H3. The van der Waals surface area contributed by atoms with E-state index in [1.54, 1.807) is 4.90 Å². The van der Waals surface area contributed by atoms with E-state index in [1.165, 1.54) is 0 Å². The second kappa shape index (κ2) is 10.0. The van der Waals surface area contributed by atoms with Gasteiger partial charge in [0.25, 0.3) is 0 Å². The lowest BCUT2D eigenvalue weighted by molar-refractivity contribution is 0.0580. The van der Waals surface area contributed by atoms with Gasteiger partial charge in [-0.25, -0.2) is 14.8 Å². The van der Waals surface area contributed by atoms with Crippen molar-refractivity contribution in [2.24, 2.45) is 10.7 Å². The van der Waals surface area contributed by atoms with Crippen LogP contribution >= 0.6 is 0 Å². The third-order valence-electron chi connectivity index (χ3n) is 3.95. The summed E-state index contributed by atoms with van der Waals surface area (Å²) in [6.45, 7) is 6.47. The van der Waals surface area contributed by atoms with Gasteiger partial charge in [0.1, 0.15) is 17.2 Å². The molecule has 0 atom stereocenters. The summed E-state index contributed by atoms with van der Waals surface area (Å²) < 4.78 is 5.60. The highest BCUT2D eigenvalue weighted by Gasteiger charge is 2.24. The molecule has 2 rings (SSSR count). The molecule has 0 aliphatic carbocycles. The summed E-state index contributed by atoms with van der Waals surface area (Å²) in [5.74, 6) is 1.38. The molecule has 0 unspecified atom stereocenters. The van der Waals surface area contributed by atoms with Gasteiger partial charge in [-0.2, -0.15) is 0 Å². The van der Waals surface area contributed by atoms with E-state index < -0.39 is 11.7 Å². The summed E-state index contributed by atoms with van der Waals surface area (Å²) in [4.78, 5) is 23.6. The second-order valence-electron chi connectivity index (χ2n) is 7.49. The minimum Gasteiger partial charge on any atom is -0.443 e. The third kappa shape index (κ3) is 6.81. The van der Waals surface area contributed by atoms with Crippen molar-refractivity contribution in [3.63, 3.8) is 0 Å². The fourth-order valence-corrected chi connectivity index (χ4v) is 2.67. The van der Waals surface area contributed by atoms with Gasteiger partial charge in [-0.3, -0.25) is 4.90 Å². The van der Waals surface area contributed by atoms with E-state index in [1.807, 2.05) is 58.2 Å². The van der Waals surface area contributed by atoms with Crippen LogP contribution in [-0.2, 0) is 11.2 Å². The second-order valence-corrected chi connectivity index (χ2v) is 7.49. The molecule has 0 spiro atoms. The lowest BCUT2D eigenvalue weighted by Crippen LogP contribution is -2.38. The first-order valence-electron chi connectivity index (χ1n) is 9.61. The molecule has 152 valence electrons. The average Bonchev–Trinajstić information content (AvgIpc) is 2.86. The maximum absolute atomic E-state index is 12.8. The van der Waals surface area contributed by atoms with E-state index in [0.717, 1.165) is 23.6 Å². The zero-order valence-electron chi connectivity index (χ0n) is 17.2. The van der Waals surface area contributed by atoms with Gasteiger partial charge in [0.05, 0.1) is 0 Å². The predicted octanol–water partition coefficient (Wildman–Crippen LogP) is 3.18. The fourth-order valence-electron chi connectivity index (χ4n) is 2.67. The Morgan fingerprint density at radius 3 is 2.79 bits per heavy atom. The maximum Gasteiger partial charge on any atom is 0.416 e. The highest BCUT2D eigenvalue weighted by Crippen LogP contribution is 2.18. The van der Waals surface area contributed by atoms with E-state index in [0.29, 0.717) is 31.7 Å². The van der Waals surface area contributed by atoms with Crippen LogP contribution in [0.2, 0.25) is 0 Å². The van der Waals surface area contributed by atoms with Crippen LogP contribution in [0.25, 0.3) is 0 Å². The number of aliphatic imine (C=N–C) groups is 1. The molecule has 1 aromatic heterocycles. The number of nitrogens with zero attached hydrogens (tertiary/aromatic N) is 3. The summed E-state index contributed by atoms with van der Waals surface area (Å²) in [6, 6.07) is 5.61. The lowest BCUT2D eigenvalue weighted by Gasteiger charge is -2.27. The van der Waals surface area contributed by atoms with Crippen LogP contribution in [0.15, 0.2) is 47.2 Å². The number of allylic oxidation sites excluding steroid dienone is 3. The Hall–Kier alpha value is -2.67. The third-order valence-corrected chi connectivity index (χ3v) is 3.95. The van der Waals surface area contributed by atoms with Crippen molar-refractivity contribution in [1.82, 2.24) is 10.3 Å². The first kappa shape index (κ1) is 21.6. The number of hydrogen-bond donors (Lipinski definition) is 2. The number of nitrogens with two attached hydrogens (primary N) is 1. The van der Waals surface area contributed by atoms with Gasteiger partial charge >= 0.3 is 6.09 Å². The fraction of sp³-hybridized carbons (Fsp3) is 0.476. The number of rotatable bonds is 7. The number of pyridine rings is 1. The van der Waals surface area contributed by atoms with Gasteiger partial charge in [0, 0.05) is 37.8 Å². The summed E-state index contributed by atoms with van der Waals surface area (Å²) in [5.41, 5.74) is 6.80. The highest BCUT2D eigenvalue weighted by atomic mass is 16.6. The van der Waals surface area contributed by atoms with E-state index >= 15 is 0 Å². The summed E-state index contributed by atoms with van der Waals surface area (Å²) >= 11 is 0. The van der Waals surface area contributed by atoms with Crippen LogP contribution < -0.4 is 16.0 Å². The van der Waals surface area contributed by atoms with Crippen molar-refractivity contribution in [3.8, 4) is 0 Å². The molecule has 0 saturated heterocycles. The van der Waals surface area contributed by atoms with Gasteiger partial charge in [-0.1, -0.05) is 12.1 Å². The number of nitrogens with one attached hydrogen (secondary N) is 1. The van der Waals surface area contributed by atoms with Gasteiger partial charge < -0.3 is 15.8 Å². The average molecular weight is 386 g/mol. The monoisotopic (exact) mass is 385 g/mol. The number of hydrogen-bond acceptors (Lipinski definition) is 6. The number of carbonyl (C=O) groups is 1. The van der Waals surface area contributed by atoms with Gasteiger partial charge in [-0.15, -0.1) is 0 Å². The SMILES string of the molecule is CNC1=CCC=CC(CCN(C(=O)OC(C)(C)C)c2cccc(CCN)n2)=N1. The topological polar surface area (TPSA) is 92.8 Å². The highest BCUT2D eigenvalue weighted by molar-refractivity contribution is 5.97. The summed E-state index contributed by atoms with van der Waals surface area (Å²) in [6.07, 6.45) is 7.70. The first-order valence-corrected chi connectivity index (χ1v) is 9.61. The molecule has 3 N–H and O–H groups in total. The lowest BCUT2D eigenvalue weighted by atomic mass is 10.2. The van der Waals surface area contributed by atoms with Crippen molar-refractivity contribution in [2.75, 3.05) is 25.0 Å². The summed E-state index contributed by atoms with van der Waals surface area (Å²) in [5, 5.41) is 3.07. The Morgan fingerprint density at radius 2 is 2.11 bits per heavy atom. The number of carbonyl (C=O) groups excluding carboxylic acids is 1. The Kier molecular flexibility index (Phi) is 7.75. The van der Waals surface area contributed by atoms with E-state index in [9.17, 15) is 4.79 Å². The molecule has 1 amide bonds. The molecular formula is C21H31N5O2. The zero-order valence-corrected chi connectivity index (χ0v) is 17.2. The molecule has 7 nitrogen and oxygen atoms in total. The number of amides is 1. The van der Waals surface area contributed by atoms with Crippen molar-refractivity contribution < 1.29 is 9.53 Å². The number of anilines is 1. The van der Waals surface area contributed by atoms with Crippen molar-refractivity contribution >= 4 is 17.6 Å². The van der Waals surface area contributed by atoms with Crippen molar-refractivity contribution in [1.29, 1.82) is 0 Å². The molecule has 1 aliphatic heterocycles. The molecule has 1 aliphatic rings. The van der Waals surface area contributed by atoms with Crippen LogP contribution in [0, 0.1) is 0 Å². The van der Waals surface area contributed by atoms with E-state index in [2.05, 4.69) is 21.4 Å². The smallest absolute Gasteiger partial charge is 0.416 e. The largest absolute Gasteiger partial charge is 0.443 e. The molecule has 0 aromatic carbocycles. The maximum atomic E-state index is 12.8. The summed E-state index contributed by atoms with van der Waals surface area (Å²) in [7, 11) is 1.85. The molecule has 1 aromatic rings. The molecule has 0 fully saturated rings. The van der Waals surface area contributed by atoms with Crippen LogP contribution in [-0.4, -0.2) is 42.5 Å².